The molecule has 0 radical (unpaired) electrons. The van der Waals surface area contributed by atoms with E-state index in [1.54, 1.807) is 0 Å². The lowest BCUT2D eigenvalue weighted by atomic mass is 10.1. The Bertz CT molecular complexity index is 905. The number of nitrogens with one attached hydrogen (secondary N) is 2. The summed E-state index contributed by atoms with van der Waals surface area (Å²) in [6, 6.07) is 8.61. The number of anilines is 3. The topological polar surface area (TPSA) is 84.2 Å². The second-order valence-corrected chi connectivity index (χ2v) is 7.81. The third-order valence-electron chi connectivity index (χ3n) is 3.90. The van der Waals surface area contributed by atoms with Crippen LogP contribution in [-0.2, 0) is 4.79 Å². The third-order valence-corrected chi connectivity index (χ3v) is 5.06. The van der Waals surface area contributed by atoms with Crippen LogP contribution in [0.5, 0.6) is 0 Å². The van der Waals surface area contributed by atoms with Crippen LogP contribution in [0.3, 0.4) is 0 Å². The molecule has 4 N–H and O–H groups in total. The number of carbonyl (C=O) groups excluding carboxylic acids is 2. The predicted octanol–water partition coefficient (Wildman–Crippen LogP) is 4.45. The van der Waals surface area contributed by atoms with Gasteiger partial charge in [0.25, 0.3) is 5.91 Å². The van der Waals surface area contributed by atoms with Crippen LogP contribution in [-0.4, -0.2) is 16.1 Å². The van der Waals surface area contributed by atoms with Gasteiger partial charge in [-0.2, -0.15) is 0 Å². The molecule has 0 aliphatic heterocycles. The number of hydrogen-bond donors (Lipinski definition) is 3. The minimum absolute atomic E-state index is 0.0603. The highest BCUT2D eigenvalue weighted by Crippen LogP contribution is 2.53. The van der Waals surface area contributed by atoms with Gasteiger partial charge < -0.3 is 16.4 Å². The van der Waals surface area contributed by atoms with Crippen molar-refractivity contribution in [1.82, 2.24) is 0 Å². The average Bonchev–Trinajstić information content (AvgIpc) is 3.22. The molecule has 1 aliphatic rings. The zero-order valence-corrected chi connectivity index (χ0v) is 15.4. The number of nitrogens with two attached hydrogens (primary N) is 1. The highest BCUT2D eigenvalue weighted by atomic mass is 35.5. The van der Waals surface area contributed by atoms with E-state index in [4.69, 9.17) is 40.5 Å². The molecule has 26 heavy (non-hydrogen) atoms. The number of halogens is 4. The van der Waals surface area contributed by atoms with Gasteiger partial charge in [-0.05, 0) is 36.8 Å². The van der Waals surface area contributed by atoms with Crippen LogP contribution >= 0.6 is 34.8 Å². The van der Waals surface area contributed by atoms with Gasteiger partial charge in [0.05, 0.1) is 27.9 Å². The molecule has 0 aromatic heterocycles. The molecule has 1 unspecified atom stereocenters. The molecule has 1 saturated carbocycles. The van der Waals surface area contributed by atoms with Crippen molar-refractivity contribution in [1.29, 1.82) is 0 Å². The summed E-state index contributed by atoms with van der Waals surface area (Å²) in [6.45, 7) is 0. The molecule has 2 aromatic carbocycles. The smallest absolute Gasteiger partial charge is 0.257 e. The zero-order valence-electron chi connectivity index (χ0n) is 13.2. The van der Waals surface area contributed by atoms with Crippen molar-refractivity contribution >= 4 is 63.7 Å². The Morgan fingerprint density at radius 1 is 1.19 bits per heavy atom. The van der Waals surface area contributed by atoms with Crippen LogP contribution in [0.1, 0.15) is 16.8 Å². The van der Waals surface area contributed by atoms with E-state index in [1.165, 1.54) is 36.4 Å². The Balaban J connectivity index is 1.78. The molecule has 5 nitrogen and oxygen atoms in total. The van der Waals surface area contributed by atoms with Gasteiger partial charge in [-0.1, -0.05) is 17.7 Å². The second kappa shape index (κ2) is 6.95. The lowest BCUT2D eigenvalue weighted by molar-refractivity contribution is -0.117. The van der Waals surface area contributed by atoms with E-state index < -0.39 is 22.0 Å². The summed E-state index contributed by atoms with van der Waals surface area (Å²) in [4.78, 5) is 24.5. The van der Waals surface area contributed by atoms with Crippen LogP contribution in [0.25, 0.3) is 0 Å². The van der Waals surface area contributed by atoms with Gasteiger partial charge >= 0.3 is 0 Å². The molecule has 1 atom stereocenters. The van der Waals surface area contributed by atoms with Crippen LogP contribution in [0, 0.1) is 11.7 Å². The number of benzene rings is 2. The zero-order chi connectivity index (χ0) is 19.1. The molecule has 3 rings (SSSR count). The molecule has 9 heteroatoms. The minimum atomic E-state index is -1.05. The van der Waals surface area contributed by atoms with Crippen LogP contribution in [0.4, 0.5) is 21.5 Å². The van der Waals surface area contributed by atoms with E-state index in [9.17, 15) is 14.0 Å². The molecule has 0 spiro atoms. The fourth-order valence-electron chi connectivity index (χ4n) is 2.34. The van der Waals surface area contributed by atoms with E-state index in [-0.39, 0.29) is 27.9 Å². The molecular weight excluding hydrogens is 404 g/mol. The molecule has 1 fully saturated rings. The summed E-state index contributed by atoms with van der Waals surface area (Å²) < 4.78 is 12.9. The molecule has 0 saturated heterocycles. The van der Waals surface area contributed by atoms with Gasteiger partial charge in [-0.3, -0.25) is 9.59 Å². The summed E-state index contributed by atoms with van der Waals surface area (Å²) >= 11 is 17.8. The quantitative estimate of drug-likeness (QED) is 0.509. The number of rotatable bonds is 4. The van der Waals surface area contributed by atoms with Crippen molar-refractivity contribution in [2.45, 2.75) is 10.8 Å². The van der Waals surface area contributed by atoms with E-state index in [0.717, 1.165) is 0 Å². The summed E-state index contributed by atoms with van der Waals surface area (Å²) in [5.74, 6) is -2.26. The van der Waals surface area contributed by atoms with Gasteiger partial charge in [0.2, 0.25) is 5.91 Å². The number of amides is 2. The molecular formula is C17H13Cl3FN3O2. The molecule has 0 bridgehead atoms. The van der Waals surface area contributed by atoms with Gasteiger partial charge in [0.1, 0.15) is 4.33 Å². The summed E-state index contributed by atoms with van der Waals surface area (Å²) in [5.41, 5.74) is 5.71. The number of carbonyl (C=O) groups is 2. The fourth-order valence-corrected chi connectivity index (χ4v) is 3.05. The first-order valence-electron chi connectivity index (χ1n) is 7.52. The van der Waals surface area contributed by atoms with E-state index in [2.05, 4.69) is 10.6 Å². The number of nitrogen functional groups attached to an aromatic ring is 1. The highest BCUT2D eigenvalue weighted by molar-refractivity contribution is 6.52. The molecule has 2 amide bonds. The maximum Gasteiger partial charge on any atom is 0.257 e. The van der Waals surface area contributed by atoms with Gasteiger partial charge in [0, 0.05) is 5.69 Å². The Hall–Kier alpha value is -2.02. The molecule has 136 valence electrons. The van der Waals surface area contributed by atoms with Gasteiger partial charge in [-0.15, -0.1) is 23.2 Å². The number of alkyl halides is 2. The van der Waals surface area contributed by atoms with Crippen LogP contribution in [0.15, 0.2) is 36.4 Å². The average molecular weight is 417 g/mol. The standard InChI is InChI=1S/C17H13Cl3FN3O2/c18-11-5-4-8(23-16(26)10-7-17(10,19)20)6-9(11)15(25)24-13-3-1-2-12(22)14(13)21/h1-6,10H,7,22H2,(H,23,26)(H,24,25). The Labute approximate surface area is 163 Å². The van der Waals surface area contributed by atoms with Crippen molar-refractivity contribution in [3.8, 4) is 0 Å². The monoisotopic (exact) mass is 415 g/mol. The van der Waals surface area contributed by atoms with Crippen molar-refractivity contribution in [3.63, 3.8) is 0 Å². The van der Waals surface area contributed by atoms with Gasteiger partial charge in [-0.25, -0.2) is 4.39 Å². The third kappa shape index (κ3) is 3.87. The predicted molar refractivity (Wildman–Crippen MR) is 101 cm³/mol. The molecule has 1 aliphatic carbocycles. The van der Waals surface area contributed by atoms with Crippen molar-refractivity contribution in [2.24, 2.45) is 5.92 Å². The number of hydrogen-bond acceptors (Lipinski definition) is 3. The Morgan fingerprint density at radius 2 is 1.88 bits per heavy atom. The first-order chi connectivity index (χ1) is 12.2. The normalized spacial score (nSPS) is 17.5. The van der Waals surface area contributed by atoms with E-state index in [0.29, 0.717) is 12.1 Å². The van der Waals surface area contributed by atoms with Crippen LogP contribution < -0.4 is 16.4 Å². The first kappa shape index (κ1) is 18.8. The Kier molecular flexibility index (Phi) is 5.01. The summed E-state index contributed by atoms with van der Waals surface area (Å²) in [5, 5.41) is 5.17. The highest BCUT2D eigenvalue weighted by Gasteiger charge is 2.56. The van der Waals surface area contributed by atoms with Crippen LogP contribution in [0.2, 0.25) is 5.02 Å². The maximum atomic E-state index is 13.9. The lowest BCUT2D eigenvalue weighted by Gasteiger charge is -2.11. The summed E-state index contributed by atoms with van der Waals surface area (Å²) in [7, 11) is 0. The minimum Gasteiger partial charge on any atom is -0.396 e. The lowest BCUT2D eigenvalue weighted by Crippen LogP contribution is -2.18. The fraction of sp³-hybridized carbons (Fsp3) is 0.176. The van der Waals surface area contributed by atoms with Crippen molar-refractivity contribution in [3.05, 3.63) is 52.8 Å². The van der Waals surface area contributed by atoms with Gasteiger partial charge in [0.15, 0.2) is 5.82 Å². The largest absolute Gasteiger partial charge is 0.396 e. The first-order valence-corrected chi connectivity index (χ1v) is 8.66. The molecule has 0 heterocycles. The second-order valence-electron chi connectivity index (χ2n) is 5.86. The summed E-state index contributed by atoms with van der Waals surface area (Å²) in [6.07, 6.45) is 0.359. The Morgan fingerprint density at radius 3 is 2.54 bits per heavy atom. The van der Waals surface area contributed by atoms with Crippen molar-refractivity contribution < 1.29 is 14.0 Å². The SMILES string of the molecule is Nc1cccc(NC(=O)c2cc(NC(=O)C3CC3(Cl)Cl)ccc2Cl)c1F. The van der Waals surface area contributed by atoms with E-state index in [1.807, 2.05) is 0 Å². The molecule has 2 aromatic rings. The maximum absolute atomic E-state index is 13.9. The van der Waals surface area contributed by atoms with E-state index >= 15 is 0 Å². The van der Waals surface area contributed by atoms with Crippen molar-refractivity contribution in [2.75, 3.05) is 16.4 Å².